The summed E-state index contributed by atoms with van der Waals surface area (Å²) >= 11 is 2.12. The summed E-state index contributed by atoms with van der Waals surface area (Å²) in [4.78, 5) is 2.61. The predicted octanol–water partition coefficient (Wildman–Crippen LogP) is 1.56. The summed E-state index contributed by atoms with van der Waals surface area (Å²) in [6, 6.07) is 0. The molecule has 0 aromatic rings. The zero-order valence-corrected chi connectivity index (χ0v) is 8.98. The Hall–Kier alpha value is 0.270. The molecular formula is C10H17NOS. The van der Waals surface area contributed by atoms with Gasteiger partial charge in [0, 0.05) is 13.1 Å². The maximum absolute atomic E-state index is 5.83. The number of hydrogen-bond acceptors (Lipinski definition) is 3. The van der Waals surface area contributed by atoms with Crippen molar-refractivity contribution in [1.29, 1.82) is 0 Å². The summed E-state index contributed by atoms with van der Waals surface area (Å²) < 4.78 is 6.33. The van der Waals surface area contributed by atoms with Crippen LogP contribution in [0.15, 0.2) is 0 Å². The van der Waals surface area contributed by atoms with Crippen molar-refractivity contribution in [1.82, 2.24) is 4.90 Å². The lowest BCUT2D eigenvalue weighted by atomic mass is 9.92. The molecule has 4 unspecified atom stereocenters. The van der Waals surface area contributed by atoms with Gasteiger partial charge in [-0.1, -0.05) is 6.92 Å². The Morgan fingerprint density at radius 3 is 3.08 bits per heavy atom. The van der Waals surface area contributed by atoms with Gasteiger partial charge in [-0.05, 0) is 25.3 Å². The molecule has 0 aromatic heterocycles. The number of piperidine rings is 1. The SMILES string of the molecule is CCC1OCC2(CN3CCC2C3)S1. The molecule has 13 heavy (non-hydrogen) atoms. The van der Waals surface area contributed by atoms with Gasteiger partial charge >= 0.3 is 0 Å². The van der Waals surface area contributed by atoms with Gasteiger partial charge in [-0.15, -0.1) is 11.8 Å². The molecule has 3 aliphatic heterocycles. The van der Waals surface area contributed by atoms with Gasteiger partial charge in [0.15, 0.2) is 0 Å². The van der Waals surface area contributed by atoms with E-state index in [9.17, 15) is 0 Å². The summed E-state index contributed by atoms with van der Waals surface area (Å²) in [5.41, 5.74) is 0.487. The van der Waals surface area contributed by atoms with E-state index in [-0.39, 0.29) is 0 Å². The van der Waals surface area contributed by atoms with Gasteiger partial charge in [0.05, 0.1) is 11.4 Å². The van der Waals surface area contributed by atoms with Crippen LogP contribution in [0.25, 0.3) is 0 Å². The molecule has 0 aromatic carbocycles. The Morgan fingerprint density at radius 1 is 1.62 bits per heavy atom. The van der Waals surface area contributed by atoms with Crippen molar-refractivity contribution in [3.8, 4) is 0 Å². The minimum atomic E-state index is 0.487. The van der Waals surface area contributed by atoms with Gasteiger partial charge in [0.25, 0.3) is 0 Å². The van der Waals surface area contributed by atoms with E-state index in [0.717, 1.165) is 12.5 Å². The lowest BCUT2D eigenvalue weighted by Gasteiger charge is -2.31. The topological polar surface area (TPSA) is 12.5 Å². The molecule has 4 atom stereocenters. The van der Waals surface area contributed by atoms with E-state index in [0.29, 0.717) is 10.2 Å². The molecular weight excluding hydrogens is 182 g/mol. The van der Waals surface area contributed by atoms with E-state index >= 15 is 0 Å². The molecule has 0 N–H and O–H groups in total. The first-order valence-electron chi connectivity index (χ1n) is 5.34. The Balaban J connectivity index is 1.77. The maximum Gasteiger partial charge on any atom is 0.103 e. The fourth-order valence-corrected chi connectivity index (χ4v) is 4.58. The van der Waals surface area contributed by atoms with Crippen molar-refractivity contribution < 1.29 is 4.74 Å². The second kappa shape index (κ2) is 2.88. The van der Waals surface area contributed by atoms with E-state index in [2.05, 4.69) is 23.6 Å². The van der Waals surface area contributed by atoms with Crippen molar-refractivity contribution in [3.63, 3.8) is 0 Å². The smallest absolute Gasteiger partial charge is 0.103 e. The lowest BCUT2D eigenvalue weighted by Crippen LogP contribution is -2.40. The third-order valence-electron chi connectivity index (χ3n) is 3.72. The predicted molar refractivity (Wildman–Crippen MR) is 54.9 cm³/mol. The number of hydrogen-bond donors (Lipinski definition) is 0. The molecule has 3 saturated heterocycles. The minimum Gasteiger partial charge on any atom is -0.366 e. The van der Waals surface area contributed by atoms with Gasteiger partial charge in [0.2, 0.25) is 0 Å². The minimum absolute atomic E-state index is 0.487. The zero-order valence-electron chi connectivity index (χ0n) is 8.16. The monoisotopic (exact) mass is 199 g/mol. The second-order valence-corrected chi connectivity index (χ2v) is 6.13. The molecule has 0 aliphatic carbocycles. The molecule has 3 heterocycles. The molecule has 0 radical (unpaired) electrons. The molecule has 2 nitrogen and oxygen atoms in total. The first kappa shape index (κ1) is 8.57. The molecule has 3 aliphatic rings. The molecule has 0 amide bonds. The van der Waals surface area contributed by atoms with Crippen molar-refractivity contribution in [2.45, 2.75) is 29.9 Å². The Labute approximate surface area is 84.0 Å². The second-order valence-electron chi connectivity index (χ2n) is 4.55. The van der Waals surface area contributed by atoms with Crippen LogP contribution in [0.3, 0.4) is 0 Å². The van der Waals surface area contributed by atoms with Crippen LogP contribution in [0.5, 0.6) is 0 Å². The van der Waals surface area contributed by atoms with E-state index in [1.54, 1.807) is 0 Å². The quantitative estimate of drug-likeness (QED) is 0.636. The Bertz CT molecular complexity index is 223. The van der Waals surface area contributed by atoms with Crippen LogP contribution in [0.2, 0.25) is 0 Å². The Morgan fingerprint density at radius 2 is 2.54 bits per heavy atom. The third-order valence-corrected chi connectivity index (χ3v) is 5.50. The van der Waals surface area contributed by atoms with Gasteiger partial charge in [-0.2, -0.15) is 0 Å². The van der Waals surface area contributed by atoms with E-state index in [1.807, 2.05) is 0 Å². The van der Waals surface area contributed by atoms with Crippen LogP contribution < -0.4 is 0 Å². The molecule has 2 bridgehead atoms. The number of fused-ring (bicyclic) bond motifs is 3. The average molecular weight is 199 g/mol. The fraction of sp³-hybridized carbons (Fsp3) is 1.00. The van der Waals surface area contributed by atoms with Gasteiger partial charge in [0.1, 0.15) is 5.44 Å². The van der Waals surface area contributed by atoms with E-state index < -0.39 is 0 Å². The van der Waals surface area contributed by atoms with Gasteiger partial charge in [-0.25, -0.2) is 0 Å². The summed E-state index contributed by atoms with van der Waals surface area (Å²) in [5, 5.41) is 0. The summed E-state index contributed by atoms with van der Waals surface area (Å²) in [6.07, 6.45) is 2.58. The summed E-state index contributed by atoms with van der Waals surface area (Å²) in [6.45, 7) is 7.21. The van der Waals surface area contributed by atoms with Crippen molar-refractivity contribution in [3.05, 3.63) is 0 Å². The highest BCUT2D eigenvalue weighted by Crippen LogP contribution is 2.51. The molecule has 74 valence electrons. The fourth-order valence-electron chi connectivity index (χ4n) is 2.98. The highest BCUT2D eigenvalue weighted by molar-refractivity contribution is 8.01. The number of thioether (sulfide) groups is 1. The highest BCUT2D eigenvalue weighted by atomic mass is 32.2. The number of nitrogens with zero attached hydrogens (tertiary/aromatic N) is 1. The molecule has 3 fully saturated rings. The van der Waals surface area contributed by atoms with Gasteiger partial charge in [-0.3, -0.25) is 0 Å². The Kier molecular flexibility index (Phi) is 1.90. The van der Waals surface area contributed by atoms with Gasteiger partial charge < -0.3 is 9.64 Å². The van der Waals surface area contributed by atoms with Crippen LogP contribution in [0, 0.1) is 5.92 Å². The highest BCUT2D eigenvalue weighted by Gasteiger charge is 2.54. The van der Waals surface area contributed by atoms with E-state index in [4.69, 9.17) is 4.74 Å². The van der Waals surface area contributed by atoms with E-state index in [1.165, 1.54) is 32.5 Å². The van der Waals surface area contributed by atoms with Crippen LogP contribution in [-0.2, 0) is 4.74 Å². The zero-order chi connectivity index (χ0) is 8.89. The molecule has 3 rings (SSSR count). The van der Waals surface area contributed by atoms with Crippen LogP contribution in [0.4, 0.5) is 0 Å². The maximum atomic E-state index is 5.83. The summed E-state index contributed by atoms with van der Waals surface area (Å²) in [5.74, 6) is 0.925. The van der Waals surface area contributed by atoms with Crippen molar-refractivity contribution in [2.75, 3.05) is 26.2 Å². The van der Waals surface area contributed by atoms with Crippen molar-refractivity contribution in [2.24, 2.45) is 5.92 Å². The van der Waals surface area contributed by atoms with Crippen molar-refractivity contribution >= 4 is 11.8 Å². The largest absolute Gasteiger partial charge is 0.366 e. The van der Waals surface area contributed by atoms with Crippen LogP contribution >= 0.6 is 11.8 Å². The number of rotatable bonds is 1. The molecule has 1 spiro atoms. The van der Waals surface area contributed by atoms with Crippen LogP contribution in [-0.4, -0.2) is 41.3 Å². The summed E-state index contributed by atoms with van der Waals surface area (Å²) in [7, 11) is 0. The lowest BCUT2D eigenvalue weighted by molar-refractivity contribution is 0.103. The van der Waals surface area contributed by atoms with Crippen LogP contribution in [0.1, 0.15) is 19.8 Å². The molecule has 3 heteroatoms. The first-order chi connectivity index (χ1) is 6.32. The average Bonchev–Trinajstić information content (AvgIpc) is 2.80. The standard InChI is InChI=1S/C10H17NOS/c1-2-9-12-7-10(13-9)6-11-4-3-8(10)5-11/h8-9H,2-7H2,1H3. The first-order valence-corrected chi connectivity index (χ1v) is 6.22. The number of ether oxygens (including phenoxy) is 1. The molecule has 0 saturated carbocycles. The normalized spacial score (nSPS) is 53.8. The third kappa shape index (κ3) is 1.17.